The van der Waals surface area contributed by atoms with Gasteiger partial charge in [0.05, 0.1) is 33.4 Å². The van der Waals surface area contributed by atoms with Crippen LogP contribution in [0.1, 0.15) is 25.8 Å². The average Bonchev–Trinajstić information content (AvgIpc) is 2.65. The molecule has 0 bridgehead atoms. The van der Waals surface area contributed by atoms with Gasteiger partial charge in [-0.25, -0.2) is 0 Å². The molecule has 2 N–H and O–H groups in total. The van der Waals surface area contributed by atoms with Crippen molar-refractivity contribution in [3.8, 4) is 17.2 Å². The Balaban J connectivity index is 2.55. The predicted octanol–water partition coefficient (Wildman–Crippen LogP) is 2.44. The largest absolute Gasteiger partial charge is 0.496 e. The van der Waals surface area contributed by atoms with Crippen molar-refractivity contribution in [3.05, 3.63) is 17.7 Å². The minimum absolute atomic E-state index is 0.514. The van der Waals surface area contributed by atoms with Gasteiger partial charge in [-0.05, 0) is 12.3 Å². The fourth-order valence-corrected chi connectivity index (χ4v) is 2.34. The van der Waals surface area contributed by atoms with Gasteiger partial charge in [0, 0.05) is 38.9 Å². The highest BCUT2D eigenvalue weighted by Crippen LogP contribution is 2.33. The Morgan fingerprint density at radius 3 is 2.19 bits per heavy atom. The number of guanidine groups is 1. The van der Waals surface area contributed by atoms with E-state index in [9.17, 15) is 0 Å². The van der Waals surface area contributed by atoms with Crippen LogP contribution in [0.3, 0.4) is 0 Å². The van der Waals surface area contributed by atoms with Gasteiger partial charge in [0.25, 0.3) is 0 Å². The summed E-state index contributed by atoms with van der Waals surface area (Å²) >= 11 is 0. The Morgan fingerprint density at radius 1 is 1.04 bits per heavy atom. The molecule has 0 spiro atoms. The zero-order valence-electron chi connectivity index (χ0n) is 16.8. The van der Waals surface area contributed by atoms with Crippen molar-refractivity contribution in [2.45, 2.75) is 26.8 Å². The van der Waals surface area contributed by atoms with Crippen LogP contribution in [0.2, 0.25) is 0 Å². The van der Waals surface area contributed by atoms with E-state index in [-0.39, 0.29) is 0 Å². The summed E-state index contributed by atoms with van der Waals surface area (Å²) in [4.78, 5) is 4.24. The lowest BCUT2D eigenvalue weighted by molar-refractivity contribution is 0.108. The van der Waals surface area contributed by atoms with Crippen LogP contribution in [0.25, 0.3) is 0 Å². The summed E-state index contributed by atoms with van der Waals surface area (Å²) in [5.41, 5.74) is 0.902. The predicted molar refractivity (Wildman–Crippen MR) is 105 cm³/mol. The van der Waals surface area contributed by atoms with E-state index >= 15 is 0 Å². The van der Waals surface area contributed by atoms with Crippen LogP contribution in [0.4, 0.5) is 0 Å². The van der Waals surface area contributed by atoms with Crippen LogP contribution in [-0.2, 0) is 11.3 Å². The minimum atomic E-state index is 0.514. The molecular weight excluding hydrogens is 334 g/mol. The monoisotopic (exact) mass is 367 g/mol. The number of hydrogen-bond donors (Lipinski definition) is 2. The number of benzene rings is 1. The molecule has 0 unspecified atom stereocenters. The van der Waals surface area contributed by atoms with Crippen LogP contribution in [0.5, 0.6) is 17.2 Å². The molecular formula is C19H33N3O4. The maximum Gasteiger partial charge on any atom is 0.191 e. The summed E-state index contributed by atoms with van der Waals surface area (Å²) in [6.07, 6.45) is 0.919. The second-order valence-electron chi connectivity index (χ2n) is 6.19. The highest BCUT2D eigenvalue weighted by Gasteiger charge is 2.13. The maximum absolute atomic E-state index is 5.58. The lowest BCUT2D eigenvalue weighted by Gasteiger charge is -2.17. The third-order valence-corrected chi connectivity index (χ3v) is 3.68. The van der Waals surface area contributed by atoms with Gasteiger partial charge < -0.3 is 29.6 Å². The molecule has 1 aromatic rings. The van der Waals surface area contributed by atoms with E-state index in [4.69, 9.17) is 18.9 Å². The Kier molecular flexibility index (Phi) is 10.3. The van der Waals surface area contributed by atoms with E-state index in [2.05, 4.69) is 29.5 Å². The standard InChI is InChI=1S/C19H33N3O4/c1-14(2)13-26-9-7-8-21-19(20-3)22-12-16-17(24-5)10-15(23-4)11-18(16)25-6/h10-11,14H,7-9,12-13H2,1-6H3,(H2,20,21,22). The van der Waals surface area contributed by atoms with Gasteiger partial charge in [0.2, 0.25) is 0 Å². The number of nitrogens with one attached hydrogen (secondary N) is 2. The van der Waals surface area contributed by atoms with Crippen molar-refractivity contribution in [1.82, 2.24) is 10.6 Å². The summed E-state index contributed by atoms with van der Waals surface area (Å²) < 4.78 is 21.8. The number of methoxy groups -OCH3 is 3. The Labute approximate surface area is 157 Å². The van der Waals surface area contributed by atoms with Crippen LogP contribution >= 0.6 is 0 Å². The van der Waals surface area contributed by atoms with E-state index in [1.165, 1.54) is 0 Å². The highest BCUT2D eigenvalue weighted by atomic mass is 16.5. The summed E-state index contributed by atoms with van der Waals surface area (Å²) in [5.74, 6) is 3.37. The number of ether oxygens (including phenoxy) is 4. The number of hydrogen-bond acceptors (Lipinski definition) is 5. The van der Waals surface area contributed by atoms with Gasteiger partial charge in [-0.2, -0.15) is 0 Å². The van der Waals surface area contributed by atoms with Gasteiger partial charge in [0.1, 0.15) is 17.2 Å². The number of nitrogens with zero attached hydrogens (tertiary/aromatic N) is 1. The third-order valence-electron chi connectivity index (χ3n) is 3.68. The van der Waals surface area contributed by atoms with Gasteiger partial charge in [-0.3, -0.25) is 4.99 Å². The SMILES string of the molecule is CN=C(NCCCOCC(C)C)NCc1c(OC)cc(OC)cc1OC. The van der Waals surface area contributed by atoms with Crippen LogP contribution in [0, 0.1) is 5.92 Å². The molecule has 7 heteroatoms. The molecule has 0 aliphatic carbocycles. The lowest BCUT2D eigenvalue weighted by Crippen LogP contribution is -2.37. The van der Waals surface area contributed by atoms with Crippen LogP contribution in [-0.4, -0.2) is 54.1 Å². The molecule has 0 fully saturated rings. The summed E-state index contributed by atoms with van der Waals surface area (Å²) in [6, 6.07) is 3.67. The number of aliphatic imine (C=N–C) groups is 1. The first-order valence-corrected chi connectivity index (χ1v) is 8.86. The summed E-state index contributed by atoms with van der Waals surface area (Å²) in [7, 11) is 6.61. The molecule has 0 aliphatic rings. The molecule has 0 atom stereocenters. The lowest BCUT2D eigenvalue weighted by atomic mass is 10.1. The van der Waals surface area contributed by atoms with Crippen molar-refractivity contribution < 1.29 is 18.9 Å². The van der Waals surface area contributed by atoms with E-state index in [0.29, 0.717) is 35.7 Å². The third kappa shape index (κ3) is 7.39. The fourth-order valence-electron chi connectivity index (χ4n) is 2.34. The fraction of sp³-hybridized carbons (Fsp3) is 0.632. The van der Waals surface area contributed by atoms with Gasteiger partial charge >= 0.3 is 0 Å². The first-order valence-electron chi connectivity index (χ1n) is 8.86. The van der Waals surface area contributed by atoms with Crippen LogP contribution < -0.4 is 24.8 Å². The second kappa shape index (κ2) is 12.2. The van der Waals surface area contributed by atoms with Crippen molar-refractivity contribution in [2.24, 2.45) is 10.9 Å². The van der Waals surface area contributed by atoms with Crippen LogP contribution in [0.15, 0.2) is 17.1 Å². The van der Waals surface area contributed by atoms with E-state index in [1.807, 2.05) is 12.1 Å². The molecule has 0 radical (unpaired) electrons. The molecule has 7 nitrogen and oxygen atoms in total. The highest BCUT2D eigenvalue weighted by molar-refractivity contribution is 5.79. The van der Waals surface area contributed by atoms with Gasteiger partial charge in [-0.15, -0.1) is 0 Å². The summed E-state index contributed by atoms with van der Waals surface area (Å²) in [5, 5.41) is 6.56. The van der Waals surface area contributed by atoms with Crippen molar-refractivity contribution in [1.29, 1.82) is 0 Å². The molecule has 0 aliphatic heterocycles. The Morgan fingerprint density at radius 2 is 1.69 bits per heavy atom. The first-order chi connectivity index (χ1) is 12.5. The van der Waals surface area contributed by atoms with Crippen molar-refractivity contribution in [2.75, 3.05) is 48.1 Å². The molecule has 0 aromatic heterocycles. The topological polar surface area (TPSA) is 73.3 Å². The first kappa shape index (κ1) is 21.9. The zero-order chi connectivity index (χ0) is 19.4. The minimum Gasteiger partial charge on any atom is -0.496 e. The summed E-state index contributed by atoms with van der Waals surface area (Å²) in [6.45, 7) is 7.12. The quantitative estimate of drug-likeness (QED) is 0.356. The maximum atomic E-state index is 5.58. The van der Waals surface area contributed by atoms with Gasteiger partial charge in [-0.1, -0.05) is 13.8 Å². The zero-order valence-corrected chi connectivity index (χ0v) is 16.8. The Bertz CT molecular complexity index is 537. The van der Waals surface area contributed by atoms with Gasteiger partial charge in [0.15, 0.2) is 5.96 Å². The van der Waals surface area contributed by atoms with Crippen molar-refractivity contribution in [3.63, 3.8) is 0 Å². The molecule has 0 saturated heterocycles. The average molecular weight is 367 g/mol. The molecule has 0 heterocycles. The molecule has 0 amide bonds. The molecule has 148 valence electrons. The van der Waals surface area contributed by atoms with E-state index in [1.54, 1.807) is 28.4 Å². The smallest absolute Gasteiger partial charge is 0.191 e. The number of rotatable bonds is 11. The van der Waals surface area contributed by atoms with Crippen molar-refractivity contribution >= 4 is 5.96 Å². The van der Waals surface area contributed by atoms with E-state index in [0.717, 1.165) is 31.7 Å². The molecule has 1 aromatic carbocycles. The van der Waals surface area contributed by atoms with E-state index < -0.39 is 0 Å². The normalized spacial score (nSPS) is 11.4. The second-order valence-corrected chi connectivity index (χ2v) is 6.19. The molecule has 1 rings (SSSR count). The Hall–Kier alpha value is -2.15. The molecule has 26 heavy (non-hydrogen) atoms. The molecule has 0 saturated carbocycles.